The van der Waals surface area contributed by atoms with Crippen LogP contribution in [0, 0.1) is 5.92 Å². The fourth-order valence-corrected chi connectivity index (χ4v) is 3.50. The number of amides is 1. The van der Waals surface area contributed by atoms with E-state index in [-0.39, 0.29) is 17.9 Å². The smallest absolute Gasteiger partial charge is 0.225 e. The Balaban J connectivity index is 1.55. The van der Waals surface area contributed by atoms with Crippen LogP contribution in [0.5, 0.6) is 0 Å². The molecule has 1 amide bonds. The SMILES string of the molecule is C[C@@H](Cc1cccc(Cl)c1)NC(=O)[C@H]1CCCN(c2cnccn2)C1. The summed E-state index contributed by atoms with van der Waals surface area (Å²) in [6.07, 6.45) is 7.76. The van der Waals surface area contributed by atoms with Crippen LogP contribution in [-0.2, 0) is 11.2 Å². The number of benzene rings is 1. The van der Waals surface area contributed by atoms with E-state index >= 15 is 0 Å². The van der Waals surface area contributed by atoms with Crippen molar-refractivity contribution in [2.24, 2.45) is 5.92 Å². The molecular formula is C19H23ClN4O. The van der Waals surface area contributed by atoms with Gasteiger partial charge in [0.25, 0.3) is 0 Å². The molecule has 1 aromatic heterocycles. The lowest BCUT2D eigenvalue weighted by atomic mass is 9.96. The van der Waals surface area contributed by atoms with Gasteiger partial charge in [0.15, 0.2) is 0 Å². The van der Waals surface area contributed by atoms with Crippen LogP contribution in [0.3, 0.4) is 0 Å². The molecule has 1 saturated heterocycles. The number of aromatic nitrogens is 2. The van der Waals surface area contributed by atoms with Crippen molar-refractivity contribution in [1.82, 2.24) is 15.3 Å². The number of hydrogen-bond donors (Lipinski definition) is 1. The minimum absolute atomic E-state index is 0.0161. The van der Waals surface area contributed by atoms with E-state index in [2.05, 4.69) is 20.2 Å². The van der Waals surface area contributed by atoms with Gasteiger partial charge in [0.05, 0.1) is 12.1 Å². The third-order valence-electron chi connectivity index (χ3n) is 4.49. The van der Waals surface area contributed by atoms with Crippen molar-refractivity contribution in [2.75, 3.05) is 18.0 Å². The molecule has 0 aliphatic carbocycles. The number of carbonyl (C=O) groups is 1. The van der Waals surface area contributed by atoms with Crippen molar-refractivity contribution >= 4 is 23.3 Å². The Morgan fingerprint density at radius 2 is 2.32 bits per heavy atom. The number of carbonyl (C=O) groups excluding carboxylic acids is 1. The number of piperidine rings is 1. The van der Waals surface area contributed by atoms with Crippen molar-refractivity contribution in [2.45, 2.75) is 32.2 Å². The molecule has 1 aliphatic heterocycles. The molecule has 0 bridgehead atoms. The second-order valence-electron chi connectivity index (χ2n) is 6.59. The molecule has 1 aromatic carbocycles. The number of nitrogens with zero attached hydrogens (tertiary/aromatic N) is 3. The summed E-state index contributed by atoms with van der Waals surface area (Å²) in [7, 11) is 0. The second-order valence-corrected chi connectivity index (χ2v) is 7.03. The maximum atomic E-state index is 12.6. The summed E-state index contributed by atoms with van der Waals surface area (Å²) < 4.78 is 0. The van der Waals surface area contributed by atoms with E-state index in [4.69, 9.17) is 11.6 Å². The quantitative estimate of drug-likeness (QED) is 0.892. The van der Waals surface area contributed by atoms with E-state index in [9.17, 15) is 4.79 Å². The number of nitrogens with one attached hydrogen (secondary N) is 1. The zero-order valence-corrected chi connectivity index (χ0v) is 15.1. The molecule has 2 aromatic rings. The predicted molar refractivity (Wildman–Crippen MR) is 99.7 cm³/mol. The Morgan fingerprint density at radius 3 is 3.08 bits per heavy atom. The zero-order valence-electron chi connectivity index (χ0n) is 14.4. The lowest BCUT2D eigenvalue weighted by molar-refractivity contribution is -0.125. The molecule has 0 unspecified atom stereocenters. The monoisotopic (exact) mass is 358 g/mol. The van der Waals surface area contributed by atoms with Crippen molar-refractivity contribution in [3.8, 4) is 0 Å². The Hall–Kier alpha value is -2.14. The minimum Gasteiger partial charge on any atom is -0.355 e. The first-order chi connectivity index (χ1) is 12.1. The number of rotatable bonds is 5. The molecule has 1 aliphatic rings. The second kappa shape index (κ2) is 8.30. The van der Waals surface area contributed by atoms with Crippen LogP contribution in [0.4, 0.5) is 5.82 Å². The van der Waals surface area contributed by atoms with Crippen LogP contribution >= 0.6 is 11.6 Å². The summed E-state index contributed by atoms with van der Waals surface area (Å²) in [4.78, 5) is 23.2. The van der Waals surface area contributed by atoms with E-state index in [1.165, 1.54) is 0 Å². The van der Waals surface area contributed by atoms with E-state index in [1.54, 1.807) is 18.6 Å². The maximum Gasteiger partial charge on any atom is 0.225 e. The third kappa shape index (κ3) is 4.92. The van der Waals surface area contributed by atoms with Crippen LogP contribution in [0.25, 0.3) is 0 Å². The molecule has 6 heteroatoms. The molecule has 0 spiro atoms. The van der Waals surface area contributed by atoms with Gasteiger partial charge in [0.1, 0.15) is 5.82 Å². The highest BCUT2D eigenvalue weighted by Crippen LogP contribution is 2.21. The molecule has 0 radical (unpaired) electrons. The van der Waals surface area contributed by atoms with Gasteiger partial charge in [0, 0.05) is 36.5 Å². The fraction of sp³-hybridized carbons (Fsp3) is 0.421. The average Bonchev–Trinajstić information content (AvgIpc) is 2.62. The lowest BCUT2D eigenvalue weighted by Gasteiger charge is -2.33. The van der Waals surface area contributed by atoms with E-state index < -0.39 is 0 Å². The summed E-state index contributed by atoms with van der Waals surface area (Å²) in [6, 6.07) is 7.84. The topological polar surface area (TPSA) is 58.1 Å². The van der Waals surface area contributed by atoms with Crippen molar-refractivity contribution in [3.05, 3.63) is 53.4 Å². The zero-order chi connectivity index (χ0) is 17.6. The minimum atomic E-state index is -0.0161. The molecule has 2 atom stereocenters. The van der Waals surface area contributed by atoms with Crippen LogP contribution < -0.4 is 10.2 Å². The van der Waals surface area contributed by atoms with Crippen LogP contribution in [-0.4, -0.2) is 35.0 Å². The molecular weight excluding hydrogens is 336 g/mol. The highest BCUT2D eigenvalue weighted by atomic mass is 35.5. The fourth-order valence-electron chi connectivity index (χ4n) is 3.28. The summed E-state index contributed by atoms with van der Waals surface area (Å²) in [5.41, 5.74) is 1.13. The highest BCUT2D eigenvalue weighted by Gasteiger charge is 2.27. The Labute approximate surface area is 153 Å². The summed E-state index contributed by atoms with van der Waals surface area (Å²) in [6.45, 7) is 3.64. The van der Waals surface area contributed by atoms with Crippen LogP contribution in [0.2, 0.25) is 5.02 Å². The first-order valence-corrected chi connectivity index (χ1v) is 9.05. The van der Waals surface area contributed by atoms with Crippen molar-refractivity contribution in [3.63, 3.8) is 0 Å². The maximum absolute atomic E-state index is 12.6. The van der Waals surface area contributed by atoms with Gasteiger partial charge in [-0.15, -0.1) is 0 Å². The van der Waals surface area contributed by atoms with Crippen molar-refractivity contribution in [1.29, 1.82) is 0 Å². The predicted octanol–water partition coefficient (Wildman–Crippen LogP) is 3.09. The number of halogens is 1. The highest BCUT2D eigenvalue weighted by molar-refractivity contribution is 6.30. The molecule has 1 N–H and O–H groups in total. The first-order valence-electron chi connectivity index (χ1n) is 8.67. The molecule has 5 nitrogen and oxygen atoms in total. The summed E-state index contributed by atoms with van der Waals surface area (Å²) >= 11 is 6.03. The Bertz CT molecular complexity index is 710. The standard InChI is InChI=1S/C19H23ClN4O/c1-14(10-15-4-2-6-17(20)11-15)23-19(25)16-5-3-9-24(13-16)18-12-21-7-8-22-18/h2,4,6-8,11-12,14,16H,3,5,9-10,13H2,1H3,(H,23,25)/t14-,16-/m0/s1. The third-order valence-corrected chi connectivity index (χ3v) is 4.72. The number of hydrogen-bond acceptors (Lipinski definition) is 4. The first kappa shape index (κ1) is 17.7. The molecule has 1 fully saturated rings. The van der Waals surface area contributed by atoms with Crippen molar-refractivity contribution < 1.29 is 4.79 Å². The Kier molecular flexibility index (Phi) is 5.87. The average molecular weight is 359 g/mol. The number of anilines is 1. The largest absolute Gasteiger partial charge is 0.355 e. The molecule has 2 heterocycles. The lowest BCUT2D eigenvalue weighted by Crippen LogP contribution is -2.46. The molecule has 132 valence electrons. The van der Waals surface area contributed by atoms with E-state index in [1.807, 2.05) is 31.2 Å². The molecule has 25 heavy (non-hydrogen) atoms. The van der Waals surface area contributed by atoms with E-state index in [0.29, 0.717) is 6.54 Å². The molecule has 0 saturated carbocycles. The van der Waals surface area contributed by atoms with Gasteiger partial charge < -0.3 is 10.2 Å². The van der Waals surface area contributed by atoms with Crippen LogP contribution in [0.1, 0.15) is 25.3 Å². The normalized spacial score (nSPS) is 18.6. The van der Waals surface area contributed by atoms with Gasteiger partial charge in [-0.25, -0.2) is 4.98 Å². The summed E-state index contributed by atoms with van der Waals surface area (Å²) in [5, 5.41) is 3.87. The van der Waals surface area contributed by atoms with Gasteiger partial charge >= 0.3 is 0 Å². The van der Waals surface area contributed by atoms with Gasteiger partial charge in [-0.3, -0.25) is 9.78 Å². The van der Waals surface area contributed by atoms with Gasteiger partial charge in [-0.05, 0) is 43.9 Å². The molecule has 3 rings (SSSR count). The van der Waals surface area contributed by atoms with E-state index in [0.717, 1.165) is 42.2 Å². The summed E-state index contributed by atoms with van der Waals surface area (Å²) in [5.74, 6) is 0.938. The van der Waals surface area contributed by atoms with Crippen LogP contribution in [0.15, 0.2) is 42.9 Å². The Morgan fingerprint density at radius 1 is 1.44 bits per heavy atom. The van der Waals surface area contributed by atoms with Gasteiger partial charge in [0.2, 0.25) is 5.91 Å². The van der Waals surface area contributed by atoms with Gasteiger partial charge in [-0.1, -0.05) is 23.7 Å². The van der Waals surface area contributed by atoms with Gasteiger partial charge in [-0.2, -0.15) is 0 Å².